The zero-order valence-electron chi connectivity index (χ0n) is 12.8. The van der Waals surface area contributed by atoms with Crippen LogP contribution in [0, 0.1) is 0 Å². The molecule has 0 saturated heterocycles. The first-order valence-electron chi connectivity index (χ1n) is 6.72. The van der Waals surface area contributed by atoms with E-state index >= 15 is 0 Å². The van der Waals surface area contributed by atoms with Crippen LogP contribution < -0.4 is 9.47 Å². The molecule has 0 fully saturated rings. The summed E-state index contributed by atoms with van der Waals surface area (Å²) in [5.41, 5.74) is 0.689. The number of methoxy groups -OCH3 is 2. The minimum Gasteiger partial charge on any atom is -0.496 e. The number of nitrogens with zero attached hydrogens (tertiary/aromatic N) is 1. The minimum atomic E-state index is -3.56. The summed E-state index contributed by atoms with van der Waals surface area (Å²) in [7, 11) is 1.06. The van der Waals surface area contributed by atoms with E-state index < -0.39 is 10.0 Å². The van der Waals surface area contributed by atoms with E-state index in [0.717, 1.165) is 0 Å². The van der Waals surface area contributed by atoms with Crippen molar-refractivity contribution in [2.75, 3.05) is 21.3 Å². The van der Waals surface area contributed by atoms with Crippen LogP contribution in [0.1, 0.15) is 5.56 Å². The Morgan fingerprint density at radius 1 is 0.909 bits per heavy atom. The molecule has 0 aliphatic rings. The summed E-state index contributed by atoms with van der Waals surface area (Å²) in [5.74, 6) is 1.18. The van der Waals surface area contributed by atoms with Crippen molar-refractivity contribution in [2.45, 2.75) is 11.4 Å². The van der Waals surface area contributed by atoms with Crippen LogP contribution in [0.25, 0.3) is 0 Å². The van der Waals surface area contributed by atoms with Gasteiger partial charge >= 0.3 is 0 Å². The molecule has 0 aliphatic carbocycles. The van der Waals surface area contributed by atoms with Crippen molar-refractivity contribution < 1.29 is 17.9 Å². The maximum atomic E-state index is 12.6. The Labute approximate surface area is 131 Å². The monoisotopic (exact) mass is 321 g/mol. The molecule has 0 atom stereocenters. The third kappa shape index (κ3) is 3.23. The zero-order valence-corrected chi connectivity index (χ0v) is 13.6. The SMILES string of the molecule is COc1cccc(OC)c1CN(C)S(=O)(=O)c1ccccc1. The first-order chi connectivity index (χ1) is 10.5. The van der Waals surface area contributed by atoms with Crippen molar-refractivity contribution in [2.24, 2.45) is 0 Å². The Kier molecular flexibility index (Phi) is 5.05. The highest BCUT2D eigenvalue weighted by Crippen LogP contribution is 2.30. The van der Waals surface area contributed by atoms with Crippen molar-refractivity contribution in [1.29, 1.82) is 0 Å². The van der Waals surface area contributed by atoms with E-state index in [2.05, 4.69) is 0 Å². The fraction of sp³-hybridized carbons (Fsp3) is 0.250. The quantitative estimate of drug-likeness (QED) is 0.820. The van der Waals surface area contributed by atoms with E-state index in [0.29, 0.717) is 17.1 Å². The summed E-state index contributed by atoms with van der Waals surface area (Å²) in [6.07, 6.45) is 0. The molecule has 2 rings (SSSR count). The van der Waals surface area contributed by atoms with Crippen LogP contribution in [0.15, 0.2) is 53.4 Å². The number of hydrogen-bond acceptors (Lipinski definition) is 4. The predicted molar refractivity (Wildman–Crippen MR) is 84.6 cm³/mol. The molecular weight excluding hydrogens is 302 g/mol. The van der Waals surface area contributed by atoms with Crippen LogP contribution in [-0.4, -0.2) is 34.0 Å². The van der Waals surface area contributed by atoms with E-state index in [1.807, 2.05) is 0 Å². The average molecular weight is 321 g/mol. The maximum absolute atomic E-state index is 12.6. The summed E-state index contributed by atoms with van der Waals surface area (Å²) in [4.78, 5) is 0.256. The zero-order chi connectivity index (χ0) is 16.2. The van der Waals surface area contributed by atoms with Crippen LogP contribution in [0.5, 0.6) is 11.5 Å². The summed E-state index contributed by atoms with van der Waals surface area (Å²) in [5, 5.41) is 0. The minimum absolute atomic E-state index is 0.157. The number of sulfonamides is 1. The molecule has 0 aromatic heterocycles. The third-order valence-corrected chi connectivity index (χ3v) is 5.18. The van der Waals surface area contributed by atoms with Gasteiger partial charge in [-0.05, 0) is 24.3 Å². The van der Waals surface area contributed by atoms with Crippen LogP contribution in [0.3, 0.4) is 0 Å². The second-order valence-corrected chi connectivity index (χ2v) is 6.76. The van der Waals surface area contributed by atoms with Crippen LogP contribution >= 0.6 is 0 Å². The first kappa shape index (κ1) is 16.3. The van der Waals surface area contributed by atoms with Crippen LogP contribution in [0.4, 0.5) is 0 Å². The lowest BCUT2D eigenvalue weighted by molar-refractivity contribution is 0.371. The number of hydrogen-bond donors (Lipinski definition) is 0. The van der Waals surface area contributed by atoms with Gasteiger partial charge in [0.2, 0.25) is 10.0 Å². The van der Waals surface area contributed by atoms with Crippen LogP contribution in [0.2, 0.25) is 0 Å². The summed E-state index contributed by atoms with van der Waals surface area (Å²) < 4.78 is 37.1. The topological polar surface area (TPSA) is 55.8 Å². The largest absolute Gasteiger partial charge is 0.496 e. The molecule has 2 aromatic rings. The Bertz CT molecular complexity index is 707. The molecule has 0 bridgehead atoms. The average Bonchev–Trinajstić information content (AvgIpc) is 2.55. The van der Waals surface area contributed by atoms with Gasteiger partial charge in [0.15, 0.2) is 0 Å². The van der Waals surface area contributed by atoms with Crippen molar-refractivity contribution >= 4 is 10.0 Å². The lowest BCUT2D eigenvalue weighted by Crippen LogP contribution is -2.26. The van der Waals surface area contributed by atoms with Gasteiger partial charge in [-0.25, -0.2) is 8.42 Å². The Morgan fingerprint density at radius 3 is 1.95 bits per heavy atom. The Hall–Kier alpha value is -2.05. The first-order valence-corrected chi connectivity index (χ1v) is 8.16. The molecule has 5 nitrogen and oxygen atoms in total. The van der Waals surface area contributed by atoms with Gasteiger partial charge in [0, 0.05) is 13.6 Å². The molecule has 0 unspecified atom stereocenters. The summed E-state index contributed by atoms with van der Waals surface area (Å²) >= 11 is 0. The predicted octanol–water partition coefficient (Wildman–Crippen LogP) is 2.52. The summed E-state index contributed by atoms with van der Waals surface area (Å²) in [6.45, 7) is 0.157. The lowest BCUT2D eigenvalue weighted by atomic mass is 10.1. The Morgan fingerprint density at radius 2 is 1.45 bits per heavy atom. The van der Waals surface area contributed by atoms with Gasteiger partial charge in [-0.3, -0.25) is 0 Å². The molecule has 2 aromatic carbocycles. The molecule has 0 radical (unpaired) electrons. The van der Waals surface area contributed by atoms with Crippen molar-refractivity contribution in [3.63, 3.8) is 0 Å². The summed E-state index contributed by atoms with van der Waals surface area (Å²) in [6, 6.07) is 13.7. The van der Waals surface area contributed by atoms with Gasteiger partial charge in [0.05, 0.1) is 24.7 Å². The number of ether oxygens (including phenoxy) is 2. The van der Waals surface area contributed by atoms with Gasteiger partial charge in [-0.1, -0.05) is 24.3 Å². The molecular formula is C16H19NO4S. The molecule has 0 heterocycles. The molecule has 118 valence electrons. The van der Waals surface area contributed by atoms with Gasteiger partial charge in [-0.2, -0.15) is 4.31 Å². The normalized spacial score (nSPS) is 11.5. The van der Waals surface area contributed by atoms with Crippen molar-refractivity contribution in [1.82, 2.24) is 4.31 Å². The molecule has 0 amide bonds. The van der Waals surface area contributed by atoms with Gasteiger partial charge in [-0.15, -0.1) is 0 Å². The van der Waals surface area contributed by atoms with Crippen LogP contribution in [-0.2, 0) is 16.6 Å². The highest BCUT2D eigenvalue weighted by Gasteiger charge is 2.23. The third-order valence-electron chi connectivity index (χ3n) is 3.36. The fourth-order valence-corrected chi connectivity index (χ4v) is 3.32. The highest BCUT2D eigenvalue weighted by molar-refractivity contribution is 7.89. The smallest absolute Gasteiger partial charge is 0.243 e. The molecule has 22 heavy (non-hydrogen) atoms. The molecule has 6 heteroatoms. The van der Waals surface area contributed by atoms with E-state index in [1.165, 1.54) is 11.4 Å². The second kappa shape index (κ2) is 6.81. The van der Waals surface area contributed by atoms with Gasteiger partial charge in [0.1, 0.15) is 11.5 Å². The standard InChI is InChI=1S/C16H19NO4S/c1-17(22(18,19)13-8-5-4-6-9-13)12-14-15(20-2)10-7-11-16(14)21-3/h4-11H,12H2,1-3H3. The van der Waals surface area contributed by atoms with Gasteiger partial charge in [0.25, 0.3) is 0 Å². The van der Waals surface area contributed by atoms with E-state index in [4.69, 9.17) is 9.47 Å². The van der Waals surface area contributed by atoms with Crippen molar-refractivity contribution in [3.05, 3.63) is 54.1 Å². The molecule has 0 saturated carbocycles. The number of rotatable bonds is 6. The van der Waals surface area contributed by atoms with Crippen molar-refractivity contribution in [3.8, 4) is 11.5 Å². The van der Waals surface area contributed by atoms with E-state index in [-0.39, 0.29) is 11.4 Å². The van der Waals surface area contributed by atoms with E-state index in [9.17, 15) is 8.42 Å². The number of benzene rings is 2. The highest BCUT2D eigenvalue weighted by atomic mass is 32.2. The Balaban J connectivity index is 2.35. The second-order valence-electron chi connectivity index (χ2n) is 4.72. The fourth-order valence-electron chi connectivity index (χ4n) is 2.16. The molecule has 0 aliphatic heterocycles. The molecule has 0 spiro atoms. The lowest BCUT2D eigenvalue weighted by Gasteiger charge is -2.20. The molecule has 0 N–H and O–H groups in total. The van der Waals surface area contributed by atoms with Gasteiger partial charge < -0.3 is 9.47 Å². The maximum Gasteiger partial charge on any atom is 0.243 e. The van der Waals surface area contributed by atoms with E-state index in [1.54, 1.807) is 62.8 Å².